The molecule has 0 spiro atoms. The Kier molecular flexibility index (Phi) is 5.24. The van der Waals surface area contributed by atoms with Gasteiger partial charge in [0.15, 0.2) is 0 Å². The van der Waals surface area contributed by atoms with Gasteiger partial charge in [-0.1, -0.05) is 25.5 Å². The zero-order chi connectivity index (χ0) is 18.1. The molecule has 1 aromatic rings. The molecule has 0 amide bonds. The maximum absolute atomic E-state index is 13.0. The zero-order valence-corrected chi connectivity index (χ0v) is 13.8. The van der Waals surface area contributed by atoms with Crippen LogP contribution in [-0.4, -0.2) is 43.1 Å². The number of sulfonamides is 1. The van der Waals surface area contributed by atoms with Crippen molar-refractivity contribution in [3.63, 3.8) is 0 Å². The van der Waals surface area contributed by atoms with Crippen LogP contribution in [0.5, 0.6) is 0 Å². The Balaban J connectivity index is 2.28. The second kappa shape index (κ2) is 6.72. The fourth-order valence-electron chi connectivity index (χ4n) is 2.81. The maximum Gasteiger partial charge on any atom is 0.393 e. The van der Waals surface area contributed by atoms with Gasteiger partial charge in [-0.15, -0.1) is 0 Å². The summed E-state index contributed by atoms with van der Waals surface area (Å²) in [6.07, 6.45) is -3.12. The van der Waals surface area contributed by atoms with Crippen LogP contribution in [0.4, 0.5) is 13.2 Å². The Bertz CT molecular complexity index is 700. The highest BCUT2D eigenvalue weighted by molar-refractivity contribution is 7.89. The minimum absolute atomic E-state index is 0.130. The summed E-state index contributed by atoms with van der Waals surface area (Å²) in [7, 11) is -4.16. The summed E-state index contributed by atoms with van der Waals surface area (Å²) in [5, 5.41) is 8.98. The average molecular weight is 365 g/mol. The van der Waals surface area contributed by atoms with E-state index in [0.29, 0.717) is 4.31 Å². The minimum atomic E-state index is -4.77. The first-order valence-corrected chi connectivity index (χ1v) is 8.90. The molecular formula is C15H18F3NO4S. The molecule has 1 heterocycles. The smallest absolute Gasteiger partial charge is 0.393 e. The third-order valence-corrected chi connectivity index (χ3v) is 5.97. The van der Waals surface area contributed by atoms with Crippen molar-refractivity contribution in [1.29, 1.82) is 0 Å². The largest absolute Gasteiger partial charge is 0.481 e. The number of alkyl halides is 3. The van der Waals surface area contributed by atoms with Crippen LogP contribution >= 0.6 is 0 Å². The fraction of sp³-hybridized carbons (Fsp3) is 0.533. The molecule has 5 nitrogen and oxygen atoms in total. The fourth-order valence-corrected chi connectivity index (χ4v) is 4.30. The zero-order valence-electron chi connectivity index (χ0n) is 13.0. The molecule has 0 aliphatic carbocycles. The summed E-state index contributed by atoms with van der Waals surface area (Å²) in [5.41, 5.74) is 0.925. The molecule has 2 rings (SSSR count). The van der Waals surface area contributed by atoms with Gasteiger partial charge in [0.2, 0.25) is 10.0 Å². The summed E-state index contributed by atoms with van der Waals surface area (Å²) in [6.45, 7) is 0.413. The Morgan fingerprint density at radius 3 is 2.25 bits per heavy atom. The molecular weight excluding hydrogens is 347 g/mol. The van der Waals surface area contributed by atoms with Crippen LogP contribution in [0.1, 0.15) is 18.9 Å². The lowest BCUT2D eigenvalue weighted by Gasteiger charge is -2.18. The third-order valence-electron chi connectivity index (χ3n) is 4.12. The highest BCUT2D eigenvalue weighted by atomic mass is 32.2. The standard InChI is InChI=1S/C15H18F3NO4S/c1-2-3-10-4-6-11(7-5-10)24(22,23)19-8-12(14(20)21)13(9-19)15(16,17)18/h4-7,12-13H,2-3,8-9H2,1H3,(H,20,21)/t12-,13-/m1/s1. The average Bonchev–Trinajstić information content (AvgIpc) is 2.94. The van der Waals surface area contributed by atoms with Crippen LogP contribution in [0.25, 0.3) is 0 Å². The third kappa shape index (κ3) is 3.72. The van der Waals surface area contributed by atoms with E-state index in [1.807, 2.05) is 6.92 Å². The molecule has 0 aromatic heterocycles. The van der Waals surface area contributed by atoms with E-state index in [1.54, 1.807) is 12.1 Å². The number of aliphatic carboxylic acids is 1. The quantitative estimate of drug-likeness (QED) is 0.870. The monoisotopic (exact) mass is 365 g/mol. The molecule has 9 heteroatoms. The molecule has 1 N–H and O–H groups in total. The number of hydrogen-bond donors (Lipinski definition) is 1. The summed E-state index contributed by atoms with van der Waals surface area (Å²) in [5.74, 6) is -5.64. The molecule has 2 atom stereocenters. The van der Waals surface area contributed by atoms with Crippen LogP contribution < -0.4 is 0 Å². The van der Waals surface area contributed by atoms with E-state index in [9.17, 15) is 26.4 Å². The van der Waals surface area contributed by atoms with E-state index in [-0.39, 0.29) is 4.90 Å². The van der Waals surface area contributed by atoms with Crippen LogP contribution in [0.2, 0.25) is 0 Å². The van der Waals surface area contributed by atoms with Crippen molar-refractivity contribution in [1.82, 2.24) is 4.31 Å². The van der Waals surface area contributed by atoms with Gasteiger partial charge in [0.1, 0.15) is 0 Å². The molecule has 0 bridgehead atoms. The molecule has 134 valence electrons. The van der Waals surface area contributed by atoms with Gasteiger partial charge in [0.05, 0.1) is 16.7 Å². The van der Waals surface area contributed by atoms with Crippen molar-refractivity contribution in [3.05, 3.63) is 29.8 Å². The lowest BCUT2D eigenvalue weighted by Crippen LogP contribution is -2.34. The predicted octanol–water partition coefficient (Wildman–Crippen LogP) is 2.52. The maximum atomic E-state index is 13.0. The van der Waals surface area contributed by atoms with Gasteiger partial charge in [-0.25, -0.2) is 8.42 Å². The molecule has 1 aromatic carbocycles. The second-order valence-electron chi connectivity index (χ2n) is 5.81. The van der Waals surface area contributed by atoms with Gasteiger partial charge in [-0.2, -0.15) is 17.5 Å². The molecule has 1 aliphatic rings. The number of carbonyl (C=O) groups is 1. The van der Waals surface area contributed by atoms with E-state index < -0.39 is 47.1 Å². The van der Waals surface area contributed by atoms with Crippen molar-refractivity contribution >= 4 is 16.0 Å². The molecule has 1 saturated heterocycles. The first kappa shape index (κ1) is 18.7. The number of carboxylic acids is 1. The number of hydrogen-bond acceptors (Lipinski definition) is 3. The minimum Gasteiger partial charge on any atom is -0.481 e. The van der Waals surface area contributed by atoms with Gasteiger partial charge >= 0.3 is 12.1 Å². The lowest BCUT2D eigenvalue weighted by molar-refractivity contribution is -0.187. The second-order valence-corrected chi connectivity index (χ2v) is 7.75. The normalized spacial score (nSPS) is 22.7. The van der Waals surface area contributed by atoms with Crippen LogP contribution in [0, 0.1) is 11.8 Å². The Hall–Kier alpha value is -1.61. The number of rotatable bonds is 5. The Morgan fingerprint density at radius 1 is 1.25 bits per heavy atom. The topological polar surface area (TPSA) is 74.7 Å². The Labute approximate surface area is 138 Å². The SMILES string of the molecule is CCCc1ccc(S(=O)(=O)N2C[C@@H](C(F)(F)F)[C@H](C(=O)O)C2)cc1. The number of carboxylic acid groups (broad SMARTS) is 1. The van der Waals surface area contributed by atoms with E-state index in [0.717, 1.165) is 18.4 Å². The molecule has 0 radical (unpaired) electrons. The van der Waals surface area contributed by atoms with Crippen LogP contribution in [-0.2, 0) is 21.2 Å². The first-order valence-electron chi connectivity index (χ1n) is 7.46. The van der Waals surface area contributed by atoms with Crippen molar-refractivity contribution in [2.24, 2.45) is 11.8 Å². The highest BCUT2D eigenvalue weighted by Gasteiger charge is 2.54. The van der Waals surface area contributed by atoms with E-state index in [4.69, 9.17) is 5.11 Å². The summed E-state index contributed by atoms with van der Waals surface area (Å²) < 4.78 is 64.6. The van der Waals surface area contributed by atoms with E-state index in [2.05, 4.69) is 0 Å². The van der Waals surface area contributed by atoms with Gasteiger partial charge in [-0.05, 0) is 24.1 Å². The van der Waals surface area contributed by atoms with E-state index in [1.165, 1.54) is 12.1 Å². The predicted molar refractivity (Wildman–Crippen MR) is 79.9 cm³/mol. The van der Waals surface area contributed by atoms with Crippen molar-refractivity contribution in [2.45, 2.75) is 30.8 Å². The molecule has 0 unspecified atom stereocenters. The molecule has 0 saturated carbocycles. The van der Waals surface area contributed by atoms with Gasteiger partial charge in [-0.3, -0.25) is 4.79 Å². The number of nitrogens with zero attached hydrogens (tertiary/aromatic N) is 1. The number of aryl methyl sites for hydroxylation is 1. The number of halogens is 3. The van der Waals surface area contributed by atoms with Crippen LogP contribution in [0.15, 0.2) is 29.2 Å². The van der Waals surface area contributed by atoms with Gasteiger partial charge in [0, 0.05) is 13.1 Å². The Morgan fingerprint density at radius 2 is 1.83 bits per heavy atom. The van der Waals surface area contributed by atoms with Crippen molar-refractivity contribution < 1.29 is 31.5 Å². The summed E-state index contributed by atoms with van der Waals surface area (Å²) in [6, 6.07) is 5.92. The first-order chi connectivity index (χ1) is 11.1. The summed E-state index contributed by atoms with van der Waals surface area (Å²) in [4.78, 5) is 10.9. The molecule has 1 fully saturated rings. The lowest BCUT2D eigenvalue weighted by atomic mass is 9.96. The molecule has 1 aliphatic heterocycles. The number of benzene rings is 1. The highest BCUT2D eigenvalue weighted by Crippen LogP contribution is 2.39. The van der Waals surface area contributed by atoms with Crippen LogP contribution in [0.3, 0.4) is 0 Å². The molecule has 24 heavy (non-hydrogen) atoms. The van der Waals surface area contributed by atoms with Gasteiger partial charge in [0.25, 0.3) is 0 Å². The van der Waals surface area contributed by atoms with Gasteiger partial charge < -0.3 is 5.11 Å². The summed E-state index contributed by atoms with van der Waals surface area (Å²) >= 11 is 0. The van der Waals surface area contributed by atoms with E-state index >= 15 is 0 Å². The van der Waals surface area contributed by atoms with Crippen molar-refractivity contribution in [2.75, 3.05) is 13.1 Å². The van der Waals surface area contributed by atoms with Crippen molar-refractivity contribution in [3.8, 4) is 0 Å².